The number of benzene rings is 1. The van der Waals surface area contributed by atoms with Crippen LogP contribution in [0, 0.1) is 0 Å². The van der Waals surface area contributed by atoms with Crippen molar-refractivity contribution in [2.45, 2.75) is 6.18 Å². The molecule has 0 aliphatic rings. The van der Waals surface area contributed by atoms with Crippen molar-refractivity contribution in [3.63, 3.8) is 0 Å². The number of carbonyl (C=O) groups is 2. The number of alkyl halides is 3. The number of furan rings is 1. The number of amides is 2. The molecule has 2 amide bonds. The third-order valence-corrected chi connectivity index (χ3v) is 2.60. The van der Waals surface area contributed by atoms with Gasteiger partial charge in [0.2, 0.25) is 0 Å². The largest absolute Gasteiger partial charge is 0.459 e. The second-order valence-electron chi connectivity index (χ2n) is 4.31. The van der Waals surface area contributed by atoms with E-state index in [9.17, 15) is 22.8 Å². The topological polar surface area (TPSA) is 71.3 Å². The monoisotopic (exact) mass is 312 g/mol. The minimum absolute atomic E-state index is 0.0558. The van der Waals surface area contributed by atoms with Crippen molar-refractivity contribution in [2.24, 2.45) is 0 Å². The van der Waals surface area contributed by atoms with Crippen molar-refractivity contribution in [1.29, 1.82) is 0 Å². The van der Waals surface area contributed by atoms with E-state index in [4.69, 9.17) is 4.42 Å². The van der Waals surface area contributed by atoms with Gasteiger partial charge < -0.3 is 15.1 Å². The molecule has 0 fully saturated rings. The average Bonchev–Trinajstić information content (AvgIpc) is 2.99. The van der Waals surface area contributed by atoms with Gasteiger partial charge in [-0.2, -0.15) is 13.2 Å². The molecule has 8 heteroatoms. The van der Waals surface area contributed by atoms with Crippen LogP contribution in [-0.2, 0) is 0 Å². The first-order valence-corrected chi connectivity index (χ1v) is 6.15. The molecule has 0 spiro atoms. The van der Waals surface area contributed by atoms with Crippen molar-refractivity contribution >= 4 is 17.5 Å². The average molecular weight is 312 g/mol. The zero-order valence-corrected chi connectivity index (χ0v) is 11.1. The lowest BCUT2D eigenvalue weighted by Gasteiger charge is -2.09. The molecule has 0 saturated carbocycles. The Morgan fingerprint density at radius 3 is 2.27 bits per heavy atom. The zero-order valence-electron chi connectivity index (χ0n) is 11.1. The van der Waals surface area contributed by atoms with E-state index in [1.165, 1.54) is 36.6 Å². The van der Waals surface area contributed by atoms with Gasteiger partial charge >= 0.3 is 6.18 Å². The minimum atomic E-state index is -4.47. The molecule has 2 aromatic rings. The van der Waals surface area contributed by atoms with Crippen LogP contribution < -0.4 is 10.6 Å². The summed E-state index contributed by atoms with van der Waals surface area (Å²) in [5, 5.41) is 4.28. The Labute approximate surface area is 123 Å². The highest BCUT2D eigenvalue weighted by atomic mass is 19.4. The van der Waals surface area contributed by atoms with Crippen molar-refractivity contribution in [1.82, 2.24) is 5.32 Å². The van der Waals surface area contributed by atoms with E-state index in [1.54, 1.807) is 11.4 Å². The fraction of sp³-hybridized carbons (Fsp3) is 0.143. The molecule has 1 aromatic heterocycles. The first-order chi connectivity index (χ1) is 10.3. The predicted molar refractivity (Wildman–Crippen MR) is 71.5 cm³/mol. The summed E-state index contributed by atoms with van der Waals surface area (Å²) in [5.41, 5.74) is 0.439. The van der Waals surface area contributed by atoms with E-state index < -0.39 is 24.5 Å². The summed E-state index contributed by atoms with van der Waals surface area (Å²) in [6, 6.07) is 8.47. The standard InChI is InChI=1S/C14H11F3N2O3/c15-14(16,17)8-18-12(20)9-3-5-10(6-4-9)19-13(21)11-2-1-7-22-11/h1-7H,8H2,(H,18,20)(H,19,21). The summed E-state index contributed by atoms with van der Waals surface area (Å²) in [6.45, 7) is -1.40. The first kappa shape index (κ1) is 15.6. The highest BCUT2D eigenvalue weighted by Gasteiger charge is 2.27. The van der Waals surface area contributed by atoms with Gasteiger partial charge in [-0.1, -0.05) is 0 Å². The van der Waals surface area contributed by atoms with Crippen LogP contribution in [0.1, 0.15) is 20.9 Å². The van der Waals surface area contributed by atoms with Crippen molar-refractivity contribution < 1.29 is 27.2 Å². The highest BCUT2D eigenvalue weighted by Crippen LogP contribution is 2.14. The maximum absolute atomic E-state index is 12.0. The molecule has 22 heavy (non-hydrogen) atoms. The molecule has 5 nitrogen and oxygen atoms in total. The molecule has 0 radical (unpaired) electrons. The molecule has 0 aliphatic heterocycles. The fourth-order valence-corrected chi connectivity index (χ4v) is 1.59. The fourth-order valence-electron chi connectivity index (χ4n) is 1.59. The van der Waals surface area contributed by atoms with Crippen LogP contribution in [0.2, 0.25) is 0 Å². The lowest BCUT2D eigenvalue weighted by atomic mass is 10.2. The normalized spacial score (nSPS) is 11.0. The molecule has 0 saturated heterocycles. The Morgan fingerprint density at radius 2 is 1.73 bits per heavy atom. The van der Waals surface area contributed by atoms with E-state index in [1.807, 2.05) is 0 Å². The molecular formula is C14H11F3N2O3. The smallest absolute Gasteiger partial charge is 0.405 e. The summed E-state index contributed by atoms with van der Waals surface area (Å²) < 4.78 is 40.9. The molecular weight excluding hydrogens is 301 g/mol. The van der Waals surface area contributed by atoms with E-state index in [0.29, 0.717) is 5.69 Å². The van der Waals surface area contributed by atoms with Gasteiger partial charge in [-0.25, -0.2) is 0 Å². The van der Waals surface area contributed by atoms with Gasteiger partial charge in [-0.05, 0) is 36.4 Å². The number of hydrogen-bond acceptors (Lipinski definition) is 3. The third kappa shape index (κ3) is 4.37. The van der Waals surface area contributed by atoms with Gasteiger partial charge in [0.1, 0.15) is 6.54 Å². The summed E-state index contributed by atoms with van der Waals surface area (Å²) in [4.78, 5) is 23.2. The Hall–Kier alpha value is -2.77. The van der Waals surface area contributed by atoms with Gasteiger partial charge in [0.05, 0.1) is 6.26 Å². The maximum atomic E-state index is 12.0. The van der Waals surface area contributed by atoms with Gasteiger partial charge in [-0.3, -0.25) is 9.59 Å². The summed E-state index contributed by atoms with van der Waals surface area (Å²) in [7, 11) is 0. The Balaban J connectivity index is 1.95. The number of nitrogens with one attached hydrogen (secondary N) is 2. The van der Waals surface area contributed by atoms with Crippen LogP contribution >= 0.6 is 0 Å². The minimum Gasteiger partial charge on any atom is -0.459 e. The number of rotatable bonds is 4. The molecule has 116 valence electrons. The molecule has 0 bridgehead atoms. The van der Waals surface area contributed by atoms with E-state index in [-0.39, 0.29) is 11.3 Å². The van der Waals surface area contributed by atoms with E-state index in [0.717, 1.165) is 0 Å². The number of hydrogen-bond donors (Lipinski definition) is 2. The molecule has 1 heterocycles. The number of anilines is 1. The highest BCUT2D eigenvalue weighted by molar-refractivity contribution is 6.02. The van der Waals surface area contributed by atoms with Crippen LogP contribution in [-0.4, -0.2) is 24.5 Å². The Bertz CT molecular complexity index is 649. The number of halogens is 3. The second kappa shape index (κ2) is 6.33. The maximum Gasteiger partial charge on any atom is 0.405 e. The van der Waals surface area contributed by atoms with Gasteiger partial charge in [0, 0.05) is 11.3 Å². The number of carbonyl (C=O) groups excluding carboxylic acids is 2. The molecule has 0 unspecified atom stereocenters. The van der Waals surface area contributed by atoms with Gasteiger partial charge in [0.25, 0.3) is 11.8 Å². The Morgan fingerprint density at radius 1 is 1.05 bits per heavy atom. The van der Waals surface area contributed by atoms with E-state index >= 15 is 0 Å². The molecule has 1 aromatic carbocycles. The van der Waals surface area contributed by atoms with Gasteiger partial charge in [0.15, 0.2) is 5.76 Å². The zero-order chi connectivity index (χ0) is 16.2. The molecule has 0 aliphatic carbocycles. The lowest BCUT2D eigenvalue weighted by molar-refractivity contribution is -0.123. The van der Waals surface area contributed by atoms with Crippen molar-refractivity contribution in [3.8, 4) is 0 Å². The molecule has 2 N–H and O–H groups in total. The van der Waals surface area contributed by atoms with Crippen LogP contribution in [0.4, 0.5) is 18.9 Å². The third-order valence-electron chi connectivity index (χ3n) is 2.60. The van der Waals surface area contributed by atoms with Crippen molar-refractivity contribution in [2.75, 3.05) is 11.9 Å². The van der Waals surface area contributed by atoms with Gasteiger partial charge in [-0.15, -0.1) is 0 Å². The quantitative estimate of drug-likeness (QED) is 0.912. The lowest BCUT2D eigenvalue weighted by Crippen LogP contribution is -2.33. The molecule has 0 atom stereocenters. The predicted octanol–water partition coefficient (Wildman–Crippen LogP) is 2.82. The molecule has 2 rings (SSSR count). The van der Waals surface area contributed by atoms with Crippen LogP contribution in [0.25, 0.3) is 0 Å². The SMILES string of the molecule is O=C(NCC(F)(F)F)c1ccc(NC(=O)c2ccco2)cc1. The first-order valence-electron chi connectivity index (χ1n) is 6.15. The van der Waals surface area contributed by atoms with Crippen LogP contribution in [0.3, 0.4) is 0 Å². The van der Waals surface area contributed by atoms with Crippen LogP contribution in [0.5, 0.6) is 0 Å². The Kier molecular flexibility index (Phi) is 4.50. The summed E-state index contributed by atoms with van der Waals surface area (Å²) in [5.74, 6) is -1.20. The summed E-state index contributed by atoms with van der Waals surface area (Å²) in [6.07, 6.45) is -3.12. The second-order valence-corrected chi connectivity index (χ2v) is 4.31. The van der Waals surface area contributed by atoms with Crippen molar-refractivity contribution in [3.05, 3.63) is 54.0 Å². The van der Waals surface area contributed by atoms with E-state index in [2.05, 4.69) is 5.32 Å². The summed E-state index contributed by atoms with van der Waals surface area (Å²) >= 11 is 0. The van der Waals surface area contributed by atoms with Crippen LogP contribution in [0.15, 0.2) is 47.1 Å².